The lowest BCUT2D eigenvalue weighted by atomic mass is 9.86. The van der Waals surface area contributed by atoms with Crippen molar-refractivity contribution in [3.63, 3.8) is 0 Å². The fraction of sp³-hybridized carbons (Fsp3) is 0.238. The molecule has 2 amide bonds. The summed E-state index contributed by atoms with van der Waals surface area (Å²) in [5, 5.41) is 3.97. The number of hydrogen-bond donors (Lipinski definition) is 1. The van der Waals surface area contributed by atoms with Crippen LogP contribution in [0, 0.1) is 6.92 Å². The number of carbonyl (C=O) groups excluding carboxylic acids is 2. The summed E-state index contributed by atoms with van der Waals surface area (Å²) in [6, 6.07) is 11.6. The zero-order chi connectivity index (χ0) is 18.7. The molecule has 3 heterocycles. The van der Waals surface area contributed by atoms with E-state index in [1.165, 1.54) is 0 Å². The number of hydrogen-bond acceptors (Lipinski definition) is 4. The van der Waals surface area contributed by atoms with Crippen molar-refractivity contribution in [3.05, 3.63) is 53.3 Å². The number of anilines is 2. The van der Waals surface area contributed by atoms with E-state index in [9.17, 15) is 9.59 Å². The summed E-state index contributed by atoms with van der Waals surface area (Å²) in [6.45, 7) is 2.02. The number of ether oxygens (including phenoxy) is 1. The molecule has 5 rings (SSSR count). The predicted molar refractivity (Wildman–Crippen MR) is 101 cm³/mol. The molecule has 3 aromatic rings. The first-order chi connectivity index (χ1) is 13.0. The van der Waals surface area contributed by atoms with Gasteiger partial charge in [-0.05, 0) is 30.2 Å². The minimum Gasteiger partial charge on any atom is -0.481 e. The highest BCUT2D eigenvalue weighted by molar-refractivity contribution is 6.01. The Kier molecular flexibility index (Phi) is 3.31. The molecule has 6 nitrogen and oxygen atoms in total. The monoisotopic (exact) mass is 362 g/mol. The maximum Gasteiger partial charge on any atom is 0.264 e. The molecule has 0 aliphatic carbocycles. The Morgan fingerprint density at radius 3 is 2.81 bits per heavy atom. The average molecular weight is 362 g/mol. The SMILES string of the molecule is Cc1c(C2CC(=O)Nc3cc4c(cc32)N(C)C(=O)CO4)oc2ccccc12. The number of aryl methyl sites for hydroxylation is 1. The highest BCUT2D eigenvalue weighted by Gasteiger charge is 2.34. The van der Waals surface area contributed by atoms with E-state index >= 15 is 0 Å². The molecule has 1 atom stereocenters. The summed E-state index contributed by atoms with van der Waals surface area (Å²) >= 11 is 0. The van der Waals surface area contributed by atoms with Crippen LogP contribution < -0.4 is 15.0 Å². The second kappa shape index (κ2) is 5.61. The number of nitrogens with zero attached hydrogens (tertiary/aromatic N) is 1. The molecule has 2 aliphatic rings. The third kappa shape index (κ3) is 2.33. The Balaban J connectivity index is 1.70. The van der Waals surface area contributed by atoms with Crippen molar-refractivity contribution in [1.82, 2.24) is 0 Å². The highest BCUT2D eigenvalue weighted by Crippen LogP contribution is 2.46. The lowest BCUT2D eigenvalue weighted by molar-refractivity contribution is -0.121. The lowest BCUT2D eigenvalue weighted by Crippen LogP contribution is -2.36. The van der Waals surface area contributed by atoms with E-state index in [4.69, 9.17) is 9.15 Å². The van der Waals surface area contributed by atoms with Gasteiger partial charge >= 0.3 is 0 Å². The van der Waals surface area contributed by atoms with Crippen LogP contribution in [0.1, 0.15) is 29.2 Å². The first-order valence-corrected chi connectivity index (χ1v) is 8.88. The smallest absolute Gasteiger partial charge is 0.264 e. The van der Waals surface area contributed by atoms with Gasteiger partial charge in [0, 0.05) is 30.6 Å². The van der Waals surface area contributed by atoms with Crippen LogP contribution in [0.15, 0.2) is 40.8 Å². The van der Waals surface area contributed by atoms with Crippen LogP contribution in [-0.4, -0.2) is 25.5 Å². The normalized spacial score (nSPS) is 18.7. The van der Waals surface area contributed by atoms with Gasteiger partial charge in [0.25, 0.3) is 5.91 Å². The van der Waals surface area contributed by atoms with E-state index in [1.54, 1.807) is 18.0 Å². The number of carbonyl (C=O) groups is 2. The molecule has 0 saturated carbocycles. The van der Waals surface area contributed by atoms with Gasteiger partial charge in [-0.1, -0.05) is 18.2 Å². The number of amides is 2. The fourth-order valence-corrected chi connectivity index (χ4v) is 3.99. The molecule has 6 heteroatoms. The standard InChI is InChI=1S/C21H18N2O4/c1-11-12-5-3-4-6-17(12)27-21(11)14-8-19(24)22-15-9-18-16(7-13(14)15)23(2)20(25)10-26-18/h3-7,9,14H,8,10H2,1-2H3,(H,22,24). The zero-order valence-electron chi connectivity index (χ0n) is 15.0. The summed E-state index contributed by atoms with van der Waals surface area (Å²) in [6.07, 6.45) is 0.297. The maximum absolute atomic E-state index is 12.4. The first kappa shape index (κ1) is 15.9. The summed E-state index contributed by atoms with van der Waals surface area (Å²) in [5.41, 5.74) is 4.19. The molecule has 1 N–H and O–H groups in total. The van der Waals surface area contributed by atoms with Crippen molar-refractivity contribution in [1.29, 1.82) is 0 Å². The first-order valence-electron chi connectivity index (χ1n) is 8.88. The van der Waals surface area contributed by atoms with Crippen molar-refractivity contribution in [2.24, 2.45) is 0 Å². The van der Waals surface area contributed by atoms with Gasteiger partial charge in [0.1, 0.15) is 17.1 Å². The van der Waals surface area contributed by atoms with Crippen LogP contribution in [0.4, 0.5) is 11.4 Å². The number of fused-ring (bicyclic) bond motifs is 3. The minimum atomic E-state index is -0.211. The minimum absolute atomic E-state index is 0.00232. The largest absolute Gasteiger partial charge is 0.481 e. The lowest BCUT2D eigenvalue weighted by Gasteiger charge is -2.31. The van der Waals surface area contributed by atoms with Crippen molar-refractivity contribution in [2.45, 2.75) is 19.3 Å². The molecular formula is C21H18N2O4. The van der Waals surface area contributed by atoms with Gasteiger partial charge in [-0.25, -0.2) is 0 Å². The van der Waals surface area contributed by atoms with Crippen molar-refractivity contribution in [3.8, 4) is 5.75 Å². The van der Waals surface area contributed by atoms with Crippen molar-refractivity contribution >= 4 is 34.2 Å². The van der Waals surface area contributed by atoms with E-state index in [1.807, 2.05) is 37.3 Å². The van der Waals surface area contributed by atoms with Crippen LogP contribution in [0.5, 0.6) is 5.75 Å². The van der Waals surface area contributed by atoms with Gasteiger partial charge in [-0.15, -0.1) is 0 Å². The number of furan rings is 1. The van der Waals surface area contributed by atoms with Gasteiger partial charge in [0.2, 0.25) is 5.91 Å². The Hall–Kier alpha value is -3.28. The molecule has 27 heavy (non-hydrogen) atoms. The number of benzene rings is 2. The molecule has 0 bridgehead atoms. The van der Waals surface area contributed by atoms with E-state index in [-0.39, 0.29) is 24.3 Å². The highest BCUT2D eigenvalue weighted by atomic mass is 16.5. The molecule has 2 aliphatic heterocycles. The number of likely N-dealkylation sites (N-methyl/N-ethyl adjacent to an activating group) is 1. The van der Waals surface area contributed by atoms with Gasteiger partial charge in [0.05, 0.1) is 11.6 Å². The second-order valence-electron chi connectivity index (χ2n) is 7.04. The van der Waals surface area contributed by atoms with Crippen LogP contribution in [0.25, 0.3) is 11.0 Å². The Morgan fingerprint density at radius 1 is 1.19 bits per heavy atom. The Bertz CT molecular complexity index is 1110. The summed E-state index contributed by atoms with van der Waals surface area (Å²) < 4.78 is 11.7. The van der Waals surface area contributed by atoms with E-state index in [0.717, 1.165) is 27.9 Å². The average Bonchev–Trinajstić information content (AvgIpc) is 3.00. The van der Waals surface area contributed by atoms with Crippen LogP contribution in [-0.2, 0) is 9.59 Å². The van der Waals surface area contributed by atoms with Crippen molar-refractivity contribution in [2.75, 3.05) is 23.9 Å². The van der Waals surface area contributed by atoms with E-state index in [2.05, 4.69) is 5.32 Å². The Morgan fingerprint density at radius 2 is 2.00 bits per heavy atom. The molecule has 0 saturated heterocycles. The second-order valence-corrected chi connectivity index (χ2v) is 7.04. The van der Waals surface area contributed by atoms with Crippen LogP contribution >= 0.6 is 0 Å². The third-order valence-corrected chi connectivity index (χ3v) is 5.45. The molecule has 0 spiro atoms. The summed E-state index contributed by atoms with van der Waals surface area (Å²) in [4.78, 5) is 26.0. The maximum atomic E-state index is 12.4. The van der Waals surface area contributed by atoms with E-state index in [0.29, 0.717) is 23.5 Å². The quantitative estimate of drug-likeness (QED) is 0.718. The predicted octanol–water partition coefficient (Wildman–Crippen LogP) is 3.57. The van der Waals surface area contributed by atoms with Gasteiger partial charge in [-0.2, -0.15) is 0 Å². The molecule has 1 aromatic heterocycles. The van der Waals surface area contributed by atoms with Gasteiger partial charge in [0.15, 0.2) is 6.61 Å². The van der Waals surface area contributed by atoms with Gasteiger partial charge in [-0.3, -0.25) is 9.59 Å². The molecule has 0 fully saturated rings. The van der Waals surface area contributed by atoms with Gasteiger partial charge < -0.3 is 19.4 Å². The number of nitrogens with one attached hydrogen (secondary N) is 1. The Labute approximate surface area is 155 Å². The van der Waals surface area contributed by atoms with Crippen molar-refractivity contribution < 1.29 is 18.7 Å². The van der Waals surface area contributed by atoms with E-state index < -0.39 is 0 Å². The molecule has 1 unspecified atom stereocenters. The molecular weight excluding hydrogens is 344 g/mol. The third-order valence-electron chi connectivity index (χ3n) is 5.45. The summed E-state index contributed by atoms with van der Waals surface area (Å²) in [7, 11) is 1.74. The van der Waals surface area contributed by atoms with Crippen LogP contribution in [0.3, 0.4) is 0 Å². The van der Waals surface area contributed by atoms with Crippen LogP contribution in [0.2, 0.25) is 0 Å². The number of para-hydroxylation sites is 1. The number of rotatable bonds is 1. The summed E-state index contributed by atoms with van der Waals surface area (Å²) in [5.74, 6) is 1.01. The molecule has 0 radical (unpaired) electrons. The molecule has 136 valence electrons. The zero-order valence-corrected chi connectivity index (χ0v) is 15.0. The molecule has 2 aromatic carbocycles. The fourth-order valence-electron chi connectivity index (χ4n) is 3.99. The topological polar surface area (TPSA) is 71.8 Å².